The van der Waals surface area contributed by atoms with Gasteiger partial charge in [0.25, 0.3) is 0 Å². The lowest BCUT2D eigenvalue weighted by Gasteiger charge is -2.00. The van der Waals surface area contributed by atoms with Crippen LogP contribution in [-0.4, -0.2) is 28.1 Å². The third-order valence-corrected chi connectivity index (χ3v) is 5.64. The number of benzene rings is 2. The summed E-state index contributed by atoms with van der Waals surface area (Å²) in [7, 11) is 1.61. The van der Waals surface area contributed by atoms with Crippen LogP contribution in [0.4, 0.5) is 5.13 Å². The number of nitrogens with zero attached hydrogens (tertiary/aromatic N) is 3. The Balaban J connectivity index is 1.35. The Morgan fingerprint density at radius 1 is 1.03 bits per heavy atom. The van der Waals surface area contributed by atoms with Gasteiger partial charge in [-0.05, 0) is 38.1 Å². The van der Waals surface area contributed by atoms with E-state index in [2.05, 4.69) is 32.6 Å². The summed E-state index contributed by atoms with van der Waals surface area (Å²) in [5.41, 5.74) is 3.95. The molecule has 0 unspecified atom stereocenters. The number of aryl methyl sites for hydroxylation is 3. The van der Waals surface area contributed by atoms with Gasteiger partial charge in [0.05, 0.1) is 12.8 Å². The smallest absolute Gasteiger partial charge is 0.227 e. The van der Waals surface area contributed by atoms with E-state index in [1.807, 2.05) is 50.2 Å². The van der Waals surface area contributed by atoms with E-state index in [1.165, 1.54) is 16.9 Å². The molecule has 0 spiro atoms. The van der Waals surface area contributed by atoms with Gasteiger partial charge in [-0.3, -0.25) is 4.79 Å². The second-order valence-electron chi connectivity index (χ2n) is 7.08. The lowest BCUT2D eigenvalue weighted by molar-refractivity contribution is -0.116. The molecule has 0 saturated heterocycles. The van der Waals surface area contributed by atoms with Crippen molar-refractivity contribution in [1.29, 1.82) is 0 Å². The molecule has 1 N–H and O–H groups in total. The SMILES string of the molecule is COc1ccc(-c2noc(CCC(=O)Nc3nc(-c4ccc(C)cc4)c(C)s3)n2)cc1. The van der Waals surface area contributed by atoms with Crippen molar-refractivity contribution in [2.24, 2.45) is 0 Å². The molecule has 7 nitrogen and oxygen atoms in total. The first-order valence-corrected chi connectivity index (χ1v) is 10.6. The number of amides is 1. The molecule has 0 fully saturated rings. The summed E-state index contributed by atoms with van der Waals surface area (Å²) in [5, 5.41) is 7.45. The number of methoxy groups -OCH3 is 1. The van der Waals surface area contributed by atoms with Crippen LogP contribution in [0.3, 0.4) is 0 Å². The Morgan fingerprint density at radius 2 is 1.74 bits per heavy atom. The number of carbonyl (C=O) groups is 1. The molecular formula is C23H22N4O3S. The highest BCUT2D eigenvalue weighted by molar-refractivity contribution is 7.16. The number of ether oxygens (including phenoxy) is 1. The van der Waals surface area contributed by atoms with E-state index in [0.717, 1.165) is 27.4 Å². The Hall–Kier alpha value is -3.52. The lowest BCUT2D eigenvalue weighted by atomic mass is 10.1. The first-order chi connectivity index (χ1) is 15.0. The first-order valence-electron chi connectivity index (χ1n) is 9.83. The van der Waals surface area contributed by atoms with E-state index < -0.39 is 0 Å². The largest absolute Gasteiger partial charge is 0.497 e. The summed E-state index contributed by atoms with van der Waals surface area (Å²) in [6.45, 7) is 4.05. The highest BCUT2D eigenvalue weighted by Crippen LogP contribution is 2.30. The predicted molar refractivity (Wildman–Crippen MR) is 120 cm³/mol. The molecule has 0 aliphatic rings. The predicted octanol–water partition coefficient (Wildman–Crippen LogP) is 5.06. The second kappa shape index (κ2) is 9.09. The van der Waals surface area contributed by atoms with Gasteiger partial charge in [-0.1, -0.05) is 35.0 Å². The maximum Gasteiger partial charge on any atom is 0.227 e. The summed E-state index contributed by atoms with van der Waals surface area (Å²) >= 11 is 1.46. The Labute approximate surface area is 184 Å². The molecule has 0 radical (unpaired) electrons. The van der Waals surface area contributed by atoms with Crippen LogP contribution in [0.1, 0.15) is 22.8 Å². The van der Waals surface area contributed by atoms with Gasteiger partial charge < -0.3 is 14.6 Å². The molecule has 158 valence electrons. The number of aromatic nitrogens is 3. The molecule has 2 heterocycles. The van der Waals surface area contributed by atoms with Crippen LogP contribution >= 0.6 is 11.3 Å². The molecule has 4 rings (SSSR count). The van der Waals surface area contributed by atoms with Gasteiger partial charge in [-0.2, -0.15) is 4.98 Å². The monoisotopic (exact) mass is 434 g/mol. The molecule has 2 aromatic heterocycles. The fourth-order valence-corrected chi connectivity index (χ4v) is 3.90. The fourth-order valence-electron chi connectivity index (χ4n) is 3.05. The van der Waals surface area contributed by atoms with Crippen LogP contribution in [0, 0.1) is 13.8 Å². The van der Waals surface area contributed by atoms with Crippen molar-refractivity contribution in [3.8, 4) is 28.4 Å². The van der Waals surface area contributed by atoms with E-state index in [0.29, 0.717) is 23.3 Å². The molecule has 8 heteroatoms. The molecule has 0 aliphatic carbocycles. The highest BCUT2D eigenvalue weighted by atomic mass is 32.1. The summed E-state index contributed by atoms with van der Waals surface area (Å²) in [6.07, 6.45) is 0.576. The summed E-state index contributed by atoms with van der Waals surface area (Å²) in [4.78, 5) is 22.4. The Kier molecular flexibility index (Phi) is 6.08. The standard InChI is InChI=1S/C23H22N4O3S/c1-14-4-6-16(7-5-14)21-15(2)31-23(26-21)24-19(28)12-13-20-25-22(27-30-20)17-8-10-18(29-3)11-9-17/h4-11H,12-13H2,1-3H3,(H,24,26,28). The molecule has 31 heavy (non-hydrogen) atoms. The van der Waals surface area contributed by atoms with E-state index in [4.69, 9.17) is 9.26 Å². The summed E-state index contributed by atoms with van der Waals surface area (Å²) < 4.78 is 10.4. The fraction of sp³-hybridized carbons (Fsp3) is 0.217. The number of hydrogen-bond donors (Lipinski definition) is 1. The summed E-state index contributed by atoms with van der Waals surface area (Å²) in [6, 6.07) is 15.6. The van der Waals surface area contributed by atoms with Crippen molar-refractivity contribution in [2.75, 3.05) is 12.4 Å². The Morgan fingerprint density at radius 3 is 2.45 bits per heavy atom. The molecule has 4 aromatic rings. The minimum absolute atomic E-state index is 0.145. The van der Waals surface area contributed by atoms with Crippen LogP contribution in [0.25, 0.3) is 22.6 Å². The highest BCUT2D eigenvalue weighted by Gasteiger charge is 2.14. The van der Waals surface area contributed by atoms with Crippen LogP contribution in [0.2, 0.25) is 0 Å². The zero-order chi connectivity index (χ0) is 21.8. The van der Waals surface area contributed by atoms with Crippen LogP contribution < -0.4 is 10.1 Å². The quantitative estimate of drug-likeness (QED) is 0.437. The topological polar surface area (TPSA) is 90.1 Å². The van der Waals surface area contributed by atoms with Gasteiger partial charge in [-0.15, -0.1) is 11.3 Å². The number of hydrogen-bond acceptors (Lipinski definition) is 7. The van der Waals surface area contributed by atoms with E-state index in [9.17, 15) is 4.79 Å². The number of nitrogens with one attached hydrogen (secondary N) is 1. The van der Waals surface area contributed by atoms with Crippen molar-refractivity contribution in [3.05, 3.63) is 64.9 Å². The number of carbonyl (C=O) groups excluding carboxylic acids is 1. The number of thiazole rings is 1. The van der Waals surface area contributed by atoms with Gasteiger partial charge >= 0.3 is 0 Å². The van der Waals surface area contributed by atoms with Gasteiger partial charge in [-0.25, -0.2) is 4.98 Å². The van der Waals surface area contributed by atoms with Crippen molar-refractivity contribution < 1.29 is 14.1 Å². The minimum Gasteiger partial charge on any atom is -0.497 e. The normalized spacial score (nSPS) is 10.8. The van der Waals surface area contributed by atoms with E-state index >= 15 is 0 Å². The van der Waals surface area contributed by atoms with Gasteiger partial charge in [0, 0.05) is 28.8 Å². The van der Waals surface area contributed by atoms with Crippen LogP contribution in [0.15, 0.2) is 53.1 Å². The van der Waals surface area contributed by atoms with Crippen LogP contribution in [0.5, 0.6) is 5.75 Å². The molecule has 1 amide bonds. The molecule has 0 atom stereocenters. The molecule has 2 aromatic carbocycles. The second-order valence-corrected chi connectivity index (χ2v) is 8.28. The van der Waals surface area contributed by atoms with Gasteiger partial charge in [0.15, 0.2) is 5.13 Å². The van der Waals surface area contributed by atoms with Crippen molar-refractivity contribution >= 4 is 22.4 Å². The third kappa shape index (κ3) is 4.97. The maximum absolute atomic E-state index is 12.4. The zero-order valence-corrected chi connectivity index (χ0v) is 18.3. The van der Waals surface area contributed by atoms with Crippen molar-refractivity contribution in [2.45, 2.75) is 26.7 Å². The number of rotatable bonds is 7. The van der Waals surface area contributed by atoms with Crippen molar-refractivity contribution in [3.63, 3.8) is 0 Å². The zero-order valence-electron chi connectivity index (χ0n) is 17.5. The van der Waals surface area contributed by atoms with E-state index in [1.54, 1.807) is 7.11 Å². The average Bonchev–Trinajstić information content (AvgIpc) is 3.39. The van der Waals surface area contributed by atoms with Crippen LogP contribution in [-0.2, 0) is 11.2 Å². The van der Waals surface area contributed by atoms with Crippen molar-refractivity contribution in [1.82, 2.24) is 15.1 Å². The first kappa shape index (κ1) is 20.7. The molecule has 0 bridgehead atoms. The maximum atomic E-state index is 12.4. The lowest BCUT2D eigenvalue weighted by Crippen LogP contribution is -2.12. The van der Waals surface area contributed by atoms with Gasteiger partial charge in [0.2, 0.25) is 17.6 Å². The number of anilines is 1. The molecule has 0 aliphatic heterocycles. The molecular weight excluding hydrogens is 412 g/mol. The van der Waals surface area contributed by atoms with E-state index in [-0.39, 0.29) is 12.3 Å². The van der Waals surface area contributed by atoms with Gasteiger partial charge in [0.1, 0.15) is 5.75 Å². The minimum atomic E-state index is -0.145. The summed E-state index contributed by atoms with van der Waals surface area (Å²) in [5.74, 6) is 1.51. The average molecular weight is 435 g/mol. The third-order valence-electron chi connectivity index (χ3n) is 4.75. The Bertz CT molecular complexity index is 1180. The molecule has 0 saturated carbocycles.